The third-order valence-corrected chi connectivity index (χ3v) is 9.05. The van der Waals surface area contributed by atoms with Gasteiger partial charge in [0, 0.05) is 55.4 Å². The Kier molecular flexibility index (Phi) is 8.70. The molecule has 2 aliphatic rings. The number of aromatic nitrogens is 2. The maximum absolute atomic E-state index is 13.2. The van der Waals surface area contributed by atoms with Crippen molar-refractivity contribution in [1.29, 1.82) is 0 Å². The van der Waals surface area contributed by atoms with E-state index in [1.807, 2.05) is 52.9 Å². The van der Waals surface area contributed by atoms with Gasteiger partial charge in [-0.05, 0) is 111 Å². The van der Waals surface area contributed by atoms with Crippen molar-refractivity contribution in [2.75, 3.05) is 19.7 Å². The molecule has 0 bridgehead atoms. The number of benzene rings is 3. The predicted octanol–water partition coefficient (Wildman–Crippen LogP) is 7.48. The molecule has 6 rings (SSSR count). The molecule has 6 nitrogen and oxygen atoms in total. The van der Waals surface area contributed by atoms with E-state index in [4.69, 9.17) is 9.84 Å². The Morgan fingerprint density at radius 2 is 1.60 bits per heavy atom. The molecule has 224 valence electrons. The number of fused-ring (bicyclic) bond motifs is 1. The van der Waals surface area contributed by atoms with Crippen LogP contribution < -0.4 is 0 Å². The third kappa shape index (κ3) is 7.04. The fourth-order valence-electron chi connectivity index (χ4n) is 6.03. The predicted molar refractivity (Wildman–Crippen MR) is 167 cm³/mol. The van der Waals surface area contributed by atoms with Gasteiger partial charge < -0.3 is 9.64 Å². The third-order valence-electron chi connectivity index (χ3n) is 9.05. The largest absolute Gasteiger partial charge is 0.378 e. The second kappa shape index (κ2) is 12.8. The van der Waals surface area contributed by atoms with Gasteiger partial charge in [0.1, 0.15) is 5.82 Å². The highest BCUT2D eigenvalue weighted by Crippen LogP contribution is 2.30. The Labute approximate surface area is 252 Å². The van der Waals surface area contributed by atoms with E-state index < -0.39 is 0 Å². The van der Waals surface area contributed by atoms with Crippen molar-refractivity contribution in [3.63, 3.8) is 0 Å². The fraction of sp³-hybridized carbons (Fsp3) is 0.417. The topological polar surface area (TPSA) is 64.4 Å². The quantitative estimate of drug-likeness (QED) is 0.172. The molecule has 3 aromatic carbocycles. The first-order chi connectivity index (χ1) is 20.8. The number of piperidine rings is 1. The van der Waals surface area contributed by atoms with E-state index in [2.05, 4.69) is 13.1 Å². The highest BCUT2D eigenvalue weighted by atomic mass is 19.1. The molecule has 2 heterocycles. The Hall–Kier alpha value is -3.84. The van der Waals surface area contributed by atoms with Gasteiger partial charge >= 0.3 is 0 Å². The number of ether oxygens (including phenoxy) is 1. The van der Waals surface area contributed by atoms with Gasteiger partial charge in [-0.15, -0.1) is 0 Å². The Morgan fingerprint density at radius 1 is 0.930 bits per heavy atom. The minimum atomic E-state index is -0.262. The van der Waals surface area contributed by atoms with Crippen molar-refractivity contribution in [3.05, 3.63) is 89.4 Å². The molecule has 1 saturated carbocycles. The molecule has 1 aliphatic carbocycles. The number of rotatable bonds is 11. The van der Waals surface area contributed by atoms with E-state index >= 15 is 0 Å². The first-order valence-corrected chi connectivity index (χ1v) is 15.6. The van der Waals surface area contributed by atoms with Crippen LogP contribution in [0.1, 0.15) is 71.7 Å². The molecular weight excluding hydrogens is 541 g/mol. The molecular formula is C36H40FN3O3. The maximum atomic E-state index is 13.2. The summed E-state index contributed by atoms with van der Waals surface area (Å²) in [5.74, 6) is 1.11. The van der Waals surface area contributed by atoms with Crippen LogP contribution in [0.3, 0.4) is 0 Å². The normalized spacial score (nSPS) is 16.5. The van der Waals surface area contributed by atoms with Crippen LogP contribution in [-0.2, 0) is 11.3 Å². The molecule has 4 aromatic rings. The number of hydrogen-bond donors (Lipinski definition) is 0. The SMILES string of the molecule is Cc1c(C(=O)CCC(C)OCC2CC2)ccc2nn(CC3CCN(C(=O)c4ccc(-c5ccc(F)cc5)cc4)CC3)cc12. The molecule has 1 atom stereocenters. The van der Waals surface area contributed by atoms with Gasteiger partial charge in [-0.1, -0.05) is 24.3 Å². The molecule has 1 aromatic heterocycles. The standard InChI is InChI=1S/C36H40FN3O3/c1-24(43-23-27-4-5-27)3-16-35(41)32-14-15-34-33(25(32)2)22-40(38-34)21-26-17-19-39(20-18-26)36(42)30-8-6-28(7-9-30)29-10-12-31(37)13-11-29/h6-15,22,24,26-27H,3-5,16-21,23H2,1-2H3. The molecule has 0 radical (unpaired) electrons. The molecule has 1 unspecified atom stereocenters. The molecule has 1 aliphatic heterocycles. The zero-order valence-corrected chi connectivity index (χ0v) is 25.1. The van der Waals surface area contributed by atoms with Crippen LogP contribution in [0, 0.1) is 24.6 Å². The molecule has 7 heteroatoms. The Balaban J connectivity index is 1.01. The van der Waals surface area contributed by atoms with Crippen LogP contribution >= 0.6 is 0 Å². The van der Waals surface area contributed by atoms with Crippen molar-refractivity contribution in [2.24, 2.45) is 11.8 Å². The number of nitrogens with zero attached hydrogens (tertiary/aromatic N) is 3. The number of carbonyl (C=O) groups is 2. The summed E-state index contributed by atoms with van der Waals surface area (Å²) in [5, 5.41) is 5.84. The molecule has 0 spiro atoms. The average Bonchev–Trinajstić information content (AvgIpc) is 3.77. The number of halogens is 1. The van der Waals surface area contributed by atoms with Gasteiger partial charge in [0.25, 0.3) is 5.91 Å². The lowest BCUT2D eigenvalue weighted by Gasteiger charge is -2.32. The summed E-state index contributed by atoms with van der Waals surface area (Å²) in [5.41, 5.74) is 5.22. The lowest BCUT2D eigenvalue weighted by molar-refractivity contribution is 0.0500. The van der Waals surface area contributed by atoms with Crippen LogP contribution in [0.15, 0.2) is 66.9 Å². The summed E-state index contributed by atoms with van der Waals surface area (Å²) in [4.78, 5) is 28.1. The summed E-state index contributed by atoms with van der Waals surface area (Å²) >= 11 is 0. The molecule has 1 amide bonds. The van der Waals surface area contributed by atoms with Crippen LogP contribution in [0.2, 0.25) is 0 Å². The first-order valence-electron chi connectivity index (χ1n) is 15.6. The lowest BCUT2D eigenvalue weighted by atomic mass is 9.96. The summed E-state index contributed by atoms with van der Waals surface area (Å²) < 4.78 is 21.2. The second-order valence-electron chi connectivity index (χ2n) is 12.4. The summed E-state index contributed by atoms with van der Waals surface area (Å²) in [6.45, 7) is 7.12. The summed E-state index contributed by atoms with van der Waals surface area (Å²) in [7, 11) is 0. The number of hydrogen-bond acceptors (Lipinski definition) is 4. The lowest BCUT2D eigenvalue weighted by Crippen LogP contribution is -2.39. The monoisotopic (exact) mass is 581 g/mol. The van der Waals surface area contributed by atoms with Crippen LogP contribution in [0.4, 0.5) is 4.39 Å². The number of likely N-dealkylation sites (tertiary alicyclic amines) is 1. The second-order valence-corrected chi connectivity index (χ2v) is 12.4. The van der Waals surface area contributed by atoms with Gasteiger partial charge in [-0.2, -0.15) is 5.10 Å². The number of ketones is 1. The van der Waals surface area contributed by atoms with Gasteiger partial charge in [0.05, 0.1) is 11.6 Å². The molecule has 43 heavy (non-hydrogen) atoms. The van der Waals surface area contributed by atoms with Crippen molar-refractivity contribution in [2.45, 2.75) is 65.0 Å². The smallest absolute Gasteiger partial charge is 0.253 e. The highest BCUT2D eigenvalue weighted by Gasteiger charge is 2.25. The van der Waals surface area contributed by atoms with E-state index in [9.17, 15) is 14.0 Å². The highest BCUT2D eigenvalue weighted by molar-refractivity contribution is 6.01. The number of amides is 1. The number of aryl methyl sites for hydroxylation is 1. The first kappa shape index (κ1) is 29.2. The van der Waals surface area contributed by atoms with Crippen LogP contribution in [0.5, 0.6) is 0 Å². The van der Waals surface area contributed by atoms with Gasteiger partial charge in [0.2, 0.25) is 0 Å². The Morgan fingerprint density at radius 3 is 2.28 bits per heavy atom. The molecule has 0 N–H and O–H groups in total. The minimum absolute atomic E-state index is 0.0469. The van der Waals surface area contributed by atoms with Gasteiger partial charge in [-0.3, -0.25) is 14.3 Å². The van der Waals surface area contributed by atoms with Crippen molar-refractivity contribution >= 4 is 22.6 Å². The summed E-state index contributed by atoms with van der Waals surface area (Å²) in [6.07, 6.45) is 7.78. The number of Topliss-reactive ketones (excluding diaryl/α,β-unsaturated/α-hetero) is 1. The van der Waals surface area contributed by atoms with Crippen LogP contribution in [0.25, 0.3) is 22.0 Å². The van der Waals surface area contributed by atoms with Crippen molar-refractivity contribution < 1.29 is 18.7 Å². The zero-order chi connectivity index (χ0) is 29.9. The average molecular weight is 582 g/mol. The van der Waals surface area contributed by atoms with Crippen molar-refractivity contribution in [1.82, 2.24) is 14.7 Å². The van der Waals surface area contributed by atoms with E-state index in [-0.39, 0.29) is 23.6 Å². The van der Waals surface area contributed by atoms with Crippen molar-refractivity contribution in [3.8, 4) is 11.1 Å². The fourth-order valence-corrected chi connectivity index (χ4v) is 6.03. The molecule has 1 saturated heterocycles. The summed E-state index contributed by atoms with van der Waals surface area (Å²) in [6, 6.07) is 17.8. The van der Waals surface area contributed by atoms with E-state index in [0.29, 0.717) is 31.0 Å². The zero-order valence-electron chi connectivity index (χ0n) is 25.1. The van der Waals surface area contributed by atoms with Crippen LogP contribution in [-0.4, -0.2) is 52.2 Å². The van der Waals surface area contributed by atoms with Gasteiger partial charge in [-0.25, -0.2) is 4.39 Å². The maximum Gasteiger partial charge on any atom is 0.253 e. The van der Waals surface area contributed by atoms with E-state index in [0.717, 1.165) is 71.5 Å². The van der Waals surface area contributed by atoms with E-state index in [1.165, 1.54) is 25.0 Å². The van der Waals surface area contributed by atoms with E-state index in [1.54, 1.807) is 12.1 Å². The minimum Gasteiger partial charge on any atom is -0.378 e. The number of carbonyl (C=O) groups excluding carboxylic acids is 2. The molecule has 2 fully saturated rings. The van der Waals surface area contributed by atoms with Gasteiger partial charge in [0.15, 0.2) is 5.78 Å². The Bertz CT molecular complexity index is 1580.